The van der Waals surface area contributed by atoms with E-state index in [0.29, 0.717) is 5.52 Å². The number of fused-ring (bicyclic) bond motifs is 1. The molecular formula is C12H11BrFN5O3. The number of nitriles is 1. The number of anilines is 1. The fourth-order valence-electron chi connectivity index (χ4n) is 2.56. The normalized spacial score (nSPS) is 34.9. The number of aliphatic hydroxyl groups excluding tert-OH is 2. The van der Waals surface area contributed by atoms with Gasteiger partial charge in [-0.2, -0.15) is 10.4 Å². The first kappa shape index (κ1) is 15.1. The fourth-order valence-corrected chi connectivity index (χ4v) is 3.24. The summed E-state index contributed by atoms with van der Waals surface area (Å²) in [7, 11) is 0. The number of hydrogen-bond donors (Lipinski definition) is 3. The lowest BCUT2D eigenvalue weighted by molar-refractivity contribution is -0.0587. The maximum Gasteiger partial charge on any atom is 0.244 e. The highest BCUT2D eigenvalue weighted by atomic mass is 79.9. The van der Waals surface area contributed by atoms with E-state index in [1.165, 1.54) is 16.6 Å². The maximum atomic E-state index is 15.1. The van der Waals surface area contributed by atoms with E-state index in [0.717, 1.165) is 6.33 Å². The lowest BCUT2D eigenvalue weighted by Gasteiger charge is -2.29. The van der Waals surface area contributed by atoms with Gasteiger partial charge in [-0.1, -0.05) is 0 Å². The molecular weight excluding hydrogens is 361 g/mol. The molecule has 1 aliphatic rings. The van der Waals surface area contributed by atoms with Crippen LogP contribution in [0.2, 0.25) is 0 Å². The molecule has 116 valence electrons. The number of alkyl halides is 2. The molecule has 2 aromatic heterocycles. The Morgan fingerprint density at radius 3 is 2.91 bits per heavy atom. The second-order valence-electron chi connectivity index (χ2n) is 4.86. The number of ether oxygens (including phenoxy) is 1. The van der Waals surface area contributed by atoms with Crippen molar-refractivity contribution in [3.8, 4) is 6.07 Å². The van der Waals surface area contributed by atoms with Crippen LogP contribution in [0, 0.1) is 11.3 Å². The molecule has 4 N–H and O–H groups in total. The number of aliphatic hydroxyl groups is 2. The predicted molar refractivity (Wildman–Crippen MR) is 75.4 cm³/mol. The van der Waals surface area contributed by atoms with Gasteiger partial charge in [0.05, 0.1) is 12.3 Å². The maximum absolute atomic E-state index is 15.1. The van der Waals surface area contributed by atoms with Gasteiger partial charge >= 0.3 is 0 Å². The Bertz CT molecular complexity index is 776. The quantitative estimate of drug-likeness (QED) is 0.625. The van der Waals surface area contributed by atoms with Gasteiger partial charge in [-0.05, 0) is 28.1 Å². The van der Waals surface area contributed by atoms with Crippen molar-refractivity contribution in [1.82, 2.24) is 14.6 Å². The Morgan fingerprint density at radius 1 is 1.59 bits per heavy atom. The third kappa shape index (κ3) is 1.70. The number of rotatable bonds is 2. The van der Waals surface area contributed by atoms with E-state index in [4.69, 9.17) is 10.5 Å². The van der Waals surface area contributed by atoms with Crippen molar-refractivity contribution in [2.45, 2.75) is 22.4 Å². The number of nitrogens with zero attached hydrogens (tertiary/aromatic N) is 4. The Hall–Kier alpha value is -1.80. The Morgan fingerprint density at radius 2 is 2.32 bits per heavy atom. The van der Waals surface area contributed by atoms with E-state index < -0.39 is 29.0 Å². The second kappa shape index (κ2) is 4.85. The average molecular weight is 372 g/mol. The highest BCUT2D eigenvalue weighted by Gasteiger charge is 2.68. The van der Waals surface area contributed by atoms with E-state index >= 15 is 4.39 Å². The second-order valence-corrected chi connectivity index (χ2v) is 6.01. The molecule has 1 unspecified atom stereocenters. The van der Waals surface area contributed by atoms with Crippen molar-refractivity contribution in [3.05, 3.63) is 24.2 Å². The molecule has 0 radical (unpaired) electrons. The van der Waals surface area contributed by atoms with E-state index in [1.54, 1.807) is 6.07 Å². The monoisotopic (exact) mass is 371 g/mol. The molecule has 0 saturated carbocycles. The van der Waals surface area contributed by atoms with E-state index in [9.17, 15) is 15.5 Å². The summed E-state index contributed by atoms with van der Waals surface area (Å²) in [5.74, 6) is 0.144. The molecule has 0 bridgehead atoms. The van der Waals surface area contributed by atoms with Crippen LogP contribution in [-0.2, 0) is 10.3 Å². The molecule has 0 spiro atoms. The van der Waals surface area contributed by atoms with E-state index in [2.05, 4.69) is 26.0 Å². The minimum atomic E-state index is -2.64. The standard InChI is InChI=1S/C12H11BrFN5O3/c13-12(14)9(21)7(3-20)22-11(12,4-15)8-2-1-6-10(16)17-5-18-19(6)8/h1-2,5,7,9,20-21H,3H2,(H2,16,17,18)/t7-,9?,11+,12-/m1/s1. The van der Waals surface area contributed by atoms with Crippen LogP contribution >= 0.6 is 15.9 Å². The first-order valence-electron chi connectivity index (χ1n) is 6.23. The predicted octanol–water partition coefficient (Wildman–Crippen LogP) is -0.157. The molecule has 1 saturated heterocycles. The lowest BCUT2D eigenvalue weighted by atomic mass is 9.93. The van der Waals surface area contributed by atoms with Crippen LogP contribution < -0.4 is 5.73 Å². The van der Waals surface area contributed by atoms with Crippen LogP contribution in [-0.4, -0.2) is 48.2 Å². The zero-order valence-electron chi connectivity index (χ0n) is 11.0. The smallest absolute Gasteiger partial charge is 0.244 e. The zero-order chi connectivity index (χ0) is 16.1. The third-order valence-electron chi connectivity index (χ3n) is 3.70. The van der Waals surface area contributed by atoms with E-state index in [-0.39, 0.29) is 11.5 Å². The van der Waals surface area contributed by atoms with Crippen molar-refractivity contribution >= 4 is 27.3 Å². The van der Waals surface area contributed by atoms with Crippen LogP contribution in [0.1, 0.15) is 5.69 Å². The summed E-state index contributed by atoms with van der Waals surface area (Å²) in [4.78, 5) is 3.81. The van der Waals surface area contributed by atoms with Crippen molar-refractivity contribution in [1.29, 1.82) is 5.26 Å². The molecule has 0 amide bonds. The minimum absolute atomic E-state index is 0.0217. The summed E-state index contributed by atoms with van der Waals surface area (Å²) in [6.45, 7) is -0.650. The van der Waals surface area contributed by atoms with Crippen molar-refractivity contribution in [3.63, 3.8) is 0 Å². The minimum Gasteiger partial charge on any atom is -0.394 e. The molecule has 1 aliphatic heterocycles. The molecule has 8 nitrogen and oxygen atoms in total. The first-order chi connectivity index (χ1) is 10.4. The van der Waals surface area contributed by atoms with Gasteiger partial charge < -0.3 is 20.7 Å². The molecule has 2 aromatic rings. The van der Waals surface area contributed by atoms with Crippen molar-refractivity contribution in [2.24, 2.45) is 0 Å². The van der Waals surface area contributed by atoms with Gasteiger partial charge in [0, 0.05) is 0 Å². The van der Waals surface area contributed by atoms with Crippen molar-refractivity contribution in [2.75, 3.05) is 12.3 Å². The lowest BCUT2D eigenvalue weighted by Crippen LogP contribution is -2.46. The largest absolute Gasteiger partial charge is 0.394 e. The number of halogens is 2. The van der Waals surface area contributed by atoms with Gasteiger partial charge in [-0.25, -0.2) is 13.9 Å². The van der Waals surface area contributed by atoms with Gasteiger partial charge in [-0.15, -0.1) is 0 Å². The molecule has 10 heteroatoms. The number of nitrogen functional groups attached to an aromatic ring is 1. The topological polar surface area (TPSA) is 130 Å². The van der Waals surface area contributed by atoms with Gasteiger partial charge in [-0.3, -0.25) is 0 Å². The SMILES string of the molecule is N#C[C@@]1(c2ccc3c(N)ncnn23)O[C@H](CO)C(O)[C@]1(F)Br. The molecule has 4 atom stereocenters. The highest BCUT2D eigenvalue weighted by molar-refractivity contribution is 9.10. The van der Waals surface area contributed by atoms with Gasteiger partial charge in [0.15, 0.2) is 5.82 Å². The highest BCUT2D eigenvalue weighted by Crippen LogP contribution is 2.53. The number of nitrogens with two attached hydrogens (primary N) is 1. The summed E-state index contributed by atoms with van der Waals surface area (Å²) in [6.07, 6.45) is -1.87. The number of aromatic nitrogens is 3. The molecule has 22 heavy (non-hydrogen) atoms. The molecule has 1 fully saturated rings. The molecule has 0 aliphatic carbocycles. The summed E-state index contributed by atoms with van der Waals surface area (Å²) < 4.78 is 19.0. The van der Waals surface area contributed by atoms with Crippen LogP contribution in [0.5, 0.6) is 0 Å². The summed E-state index contributed by atoms with van der Waals surface area (Å²) in [5.41, 5.74) is 3.88. The molecule has 3 rings (SSSR count). The number of hydrogen-bond acceptors (Lipinski definition) is 7. The van der Waals surface area contributed by atoms with Crippen LogP contribution in [0.3, 0.4) is 0 Å². The molecule has 0 aromatic carbocycles. The van der Waals surface area contributed by atoms with Crippen LogP contribution in [0.25, 0.3) is 5.52 Å². The zero-order valence-corrected chi connectivity index (χ0v) is 12.6. The Balaban J connectivity index is 2.27. The van der Waals surface area contributed by atoms with Gasteiger partial charge in [0.25, 0.3) is 0 Å². The van der Waals surface area contributed by atoms with Gasteiger partial charge in [0.1, 0.15) is 30.1 Å². The van der Waals surface area contributed by atoms with Crippen molar-refractivity contribution < 1.29 is 19.3 Å². The van der Waals surface area contributed by atoms with Gasteiger partial charge in [0.2, 0.25) is 10.2 Å². The summed E-state index contributed by atoms with van der Waals surface area (Å²) in [5, 5.41) is 32.7. The summed E-state index contributed by atoms with van der Waals surface area (Å²) >= 11 is 2.74. The molecule has 3 heterocycles. The average Bonchev–Trinajstić information content (AvgIpc) is 3.01. The van der Waals surface area contributed by atoms with E-state index in [1.807, 2.05) is 0 Å². The Labute approximate surface area is 132 Å². The first-order valence-corrected chi connectivity index (χ1v) is 7.03. The Kier molecular flexibility index (Phi) is 3.33. The van der Waals surface area contributed by atoms with Crippen LogP contribution in [0.4, 0.5) is 10.2 Å². The fraction of sp³-hybridized carbons (Fsp3) is 0.417. The van der Waals surface area contributed by atoms with Crippen LogP contribution in [0.15, 0.2) is 18.5 Å². The summed E-state index contributed by atoms with van der Waals surface area (Å²) in [6, 6.07) is 4.66. The third-order valence-corrected chi connectivity index (χ3v) is 4.73.